The van der Waals surface area contributed by atoms with E-state index in [1.165, 1.54) is 12.8 Å². The maximum Gasteiger partial charge on any atom is 0.123 e. The van der Waals surface area contributed by atoms with Crippen LogP contribution in [0.1, 0.15) is 37.8 Å². The molecule has 118 valence electrons. The first-order valence-electron chi connectivity index (χ1n) is 7.81. The average molecular weight is 293 g/mol. The minimum absolute atomic E-state index is 0.133. The van der Waals surface area contributed by atoms with Crippen molar-refractivity contribution >= 4 is 0 Å². The zero-order valence-electron chi connectivity index (χ0n) is 13.4. The Labute approximate surface area is 127 Å². The average Bonchev–Trinajstić information content (AvgIpc) is 3.34. The first-order valence-corrected chi connectivity index (χ1v) is 7.81. The normalized spacial score (nSPS) is 15.8. The van der Waals surface area contributed by atoms with Gasteiger partial charge in [0.15, 0.2) is 0 Å². The zero-order valence-corrected chi connectivity index (χ0v) is 13.4. The minimum Gasteiger partial charge on any atom is -0.497 e. The number of benzene rings is 1. The largest absolute Gasteiger partial charge is 0.497 e. The van der Waals surface area contributed by atoms with E-state index in [4.69, 9.17) is 14.2 Å². The summed E-state index contributed by atoms with van der Waals surface area (Å²) in [5.41, 5.74) is 1.10. The first kappa shape index (κ1) is 16.1. The van der Waals surface area contributed by atoms with Crippen LogP contribution in [0, 0.1) is 5.92 Å². The van der Waals surface area contributed by atoms with Crippen molar-refractivity contribution in [3.05, 3.63) is 23.8 Å². The third-order valence-electron chi connectivity index (χ3n) is 3.79. The summed E-state index contributed by atoms with van der Waals surface area (Å²) in [6.45, 7) is 4.66. The smallest absolute Gasteiger partial charge is 0.123 e. The van der Waals surface area contributed by atoms with Gasteiger partial charge in [0.1, 0.15) is 11.5 Å². The molecule has 1 aliphatic rings. The number of rotatable bonds is 10. The standard InChI is InChI=1S/C17H27NO3/c1-4-9-18-16(12-21-11-13-5-6-13)15-10-14(19-2)7-8-17(15)20-3/h7-8,10,13,16,18H,4-6,9,11-12H2,1-3H3. The van der Waals surface area contributed by atoms with Gasteiger partial charge in [0.05, 0.1) is 26.9 Å². The number of methoxy groups -OCH3 is 2. The molecule has 1 aromatic rings. The molecule has 1 atom stereocenters. The van der Waals surface area contributed by atoms with E-state index >= 15 is 0 Å². The molecule has 2 rings (SSSR count). The van der Waals surface area contributed by atoms with Gasteiger partial charge in [-0.2, -0.15) is 0 Å². The van der Waals surface area contributed by atoms with Crippen molar-refractivity contribution in [2.45, 2.75) is 32.2 Å². The van der Waals surface area contributed by atoms with Crippen molar-refractivity contribution in [1.82, 2.24) is 5.32 Å². The minimum atomic E-state index is 0.133. The van der Waals surface area contributed by atoms with Crippen LogP contribution in [0.15, 0.2) is 18.2 Å². The first-order chi connectivity index (χ1) is 10.3. The lowest BCUT2D eigenvalue weighted by molar-refractivity contribution is 0.102. The van der Waals surface area contributed by atoms with E-state index in [2.05, 4.69) is 12.2 Å². The molecule has 0 aromatic heterocycles. The Hall–Kier alpha value is -1.26. The molecule has 0 radical (unpaired) electrons. The van der Waals surface area contributed by atoms with Crippen LogP contribution < -0.4 is 14.8 Å². The molecule has 0 bridgehead atoms. The molecule has 1 N–H and O–H groups in total. The molecule has 0 amide bonds. The van der Waals surface area contributed by atoms with Gasteiger partial charge in [-0.15, -0.1) is 0 Å². The molecule has 1 unspecified atom stereocenters. The molecular formula is C17H27NO3. The Morgan fingerprint density at radius 3 is 2.67 bits per heavy atom. The summed E-state index contributed by atoms with van der Waals surface area (Å²) < 4.78 is 16.7. The van der Waals surface area contributed by atoms with E-state index in [1.807, 2.05) is 18.2 Å². The molecule has 0 heterocycles. The second-order valence-electron chi connectivity index (χ2n) is 5.60. The fourth-order valence-corrected chi connectivity index (χ4v) is 2.33. The molecule has 4 heteroatoms. The third-order valence-corrected chi connectivity index (χ3v) is 3.79. The van der Waals surface area contributed by atoms with Crippen LogP contribution in [-0.2, 0) is 4.74 Å². The van der Waals surface area contributed by atoms with Crippen LogP contribution in [0.4, 0.5) is 0 Å². The van der Waals surface area contributed by atoms with Gasteiger partial charge in [-0.1, -0.05) is 6.92 Å². The van der Waals surface area contributed by atoms with Crippen molar-refractivity contribution in [3.63, 3.8) is 0 Å². The predicted octanol–water partition coefficient (Wildman–Crippen LogP) is 3.17. The van der Waals surface area contributed by atoms with Gasteiger partial charge >= 0.3 is 0 Å². The molecule has 21 heavy (non-hydrogen) atoms. The molecule has 0 saturated heterocycles. The summed E-state index contributed by atoms with van der Waals surface area (Å²) in [4.78, 5) is 0. The lowest BCUT2D eigenvalue weighted by Crippen LogP contribution is -2.27. The maximum absolute atomic E-state index is 5.89. The number of nitrogens with one attached hydrogen (secondary N) is 1. The lowest BCUT2D eigenvalue weighted by Gasteiger charge is -2.22. The van der Waals surface area contributed by atoms with Crippen molar-refractivity contribution in [1.29, 1.82) is 0 Å². The topological polar surface area (TPSA) is 39.7 Å². The number of hydrogen-bond donors (Lipinski definition) is 1. The highest BCUT2D eigenvalue weighted by atomic mass is 16.5. The molecule has 0 spiro atoms. The van der Waals surface area contributed by atoms with Gasteiger partial charge in [0, 0.05) is 12.2 Å². The molecule has 1 saturated carbocycles. The maximum atomic E-state index is 5.89. The van der Waals surface area contributed by atoms with Crippen molar-refractivity contribution in [3.8, 4) is 11.5 Å². The van der Waals surface area contributed by atoms with Gasteiger partial charge in [0.2, 0.25) is 0 Å². The Kier molecular flexibility index (Phi) is 6.33. The van der Waals surface area contributed by atoms with E-state index in [0.29, 0.717) is 6.61 Å². The van der Waals surface area contributed by atoms with E-state index in [9.17, 15) is 0 Å². The highest BCUT2D eigenvalue weighted by Gasteiger charge is 2.23. The summed E-state index contributed by atoms with van der Waals surface area (Å²) in [5, 5.41) is 3.55. The van der Waals surface area contributed by atoms with E-state index in [-0.39, 0.29) is 6.04 Å². The van der Waals surface area contributed by atoms with Crippen LogP contribution >= 0.6 is 0 Å². The zero-order chi connectivity index (χ0) is 15.1. The van der Waals surface area contributed by atoms with Crippen LogP contribution in [0.2, 0.25) is 0 Å². The van der Waals surface area contributed by atoms with E-state index in [0.717, 1.165) is 42.6 Å². The van der Waals surface area contributed by atoms with E-state index < -0.39 is 0 Å². The monoisotopic (exact) mass is 293 g/mol. The Morgan fingerprint density at radius 1 is 1.24 bits per heavy atom. The van der Waals surface area contributed by atoms with E-state index in [1.54, 1.807) is 14.2 Å². The fourth-order valence-electron chi connectivity index (χ4n) is 2.33. The Morgan fingerprint density at radius 2 is 2.05 bits per heavy atom. The summed E-state index contributed by atoms with van der Waals surface area (Å²) >= 11 is 0. The number of ether oxygens (including phenoxy) is 3. The van der Waals surface area contributed by atoms with Crippen LogP contribution in [0.5, 0.6) is 11.5 Å². The summed E-state index contributed by atoms with van der Waals surface area (Å²) in [6, 6.07) is 6.04. The molecule has 0 aliphatic heterocycles. The summed E-state index contributed by atoms with van der Waals surface area (Å²) in [5.74, 6) is 2.50. The van der Waals surface area contributed by atoms with Gasteiger partial charge < -0.3 is 19.5 Å². The van der Waals surface area contributed by atoms with Crippen LogP contribution in [0.3, 0.4) is 0 Å². The predicted molar refractivity (Wildman–Crippen MR) is 84.1 cm³/mol. The highest BCUT2D eigenvalue weighted by Crippen LogP contribution is 2.31. The van der Waals surface area contributed by atoms with Gasteiger partial charge in [-0.05, 0) is 49.9 Å². The molecule has 1 aliphatic carbocycles. The fraction of sp³-hybridized carbons (Fsp3) is 0.647. The Balaban J connectivity index is 2.07. The Bertz CT molecular complexity index is 432. The molecular weight excluding hydrogens is 266 g/mol. The van der Waals surface area contributed by atoms with Gasteiger partial charge in [-0.3, -0.25) is 0 Å². The van der Waals surface area contributed by atoms with Crippen molar-refractivity contribution in [2.75, 3.05) is 34.0 Å². The van der Waals surface area contributed by atoms with Gasteiger partial charge in [0.25, 0.3) is 0 Å². The molecule has 1 fully saturated rings. The lowest BCUT2D eigenvalue weighted by atomic mass is 10.1. The van der Waals surface area contributed by atoms with Crippen LogP contribution in [0.25, 0.3) is 0 Å². The van der Waals surface area contributed by atoms with Gasteiger partial charge in [-0.25, -0.2) is 0 Å². The van der Waals surface area contributed by atoms with Crippen LogP contribution in [-0.4, -0.2) is 34.0 Å². The quantitative estimate of drug-likeness (QED) is 0.719. The second-order valence-corrected chi connectivity index (χ2v) is 5.60. The summed E-state index contributed by atoms with van der Waals surface area (Å²) in [7, 11) is 3.39. The van der Waals surface area contributed by atoms with Crippen molar-refractivity contribution < 1.29 is 14.2 Å². The molecule has 4 nitrogen and oxygen atoms in total. The van der Waals surface area contributed by atoms with Crippen molar-refractivity contribution in [2.24, 2.45) is 5.92 Å². The SMILES string of the molecule is CCCNC(COCC1CC1)c1cc(OC)ccc1OC. The summed E-state index contributed by atoms with van der Waals surface area (Å²) in [6.07, 6.45) is 3.72. The highest BCUT2D eigenvalue weighted by molar-refractivity contribution is 5.42. The number of hydrogen-bond acceptors (Lipinski definition) is 4. The molecule has 1 aromatic carbocycles. The third kappa shape index (κ3) is 4.90. The second kappa shape index (κ2) is 8.25.